The lowest BCUT2D eigenvalue weighted by molar-refractivity contribution is 0.292. The van der Waals surface area contributed by atoms with Crippen LogP contribution in [0.4, 0.5) is 5.69 Å². The molecule has 0 aliphatic rings. The quantitative estimate of drug-likeness (QED) is 0.747. The van der Waals surface area contributed by atoms with Crippen LogP contribution in [0.5, 0.6) is 5.75 Å². The fourth-order valence-electron chi connectivity index (χ4n) is 2.10. The van der Waals surface area contributed by atoms with Gasteiger partial charge in [-0.3, -0.25) is 0 Å². The molecule has 0 aliphatic heterocycles. The third-order valence-electron chi connectivity index (χ3n) is 3.16. The maximum atomic E-state index is 5.74. The standard InChI is InChI=1S/C15H14BrN3O/c1-19-14-6-5-10(16)7-13(14)18-15(19)9-20-12-4-2-3-11(17)8-12/h2-8H,9,17H2,1H3. The van der Waals surface area contributed by atoms with Gasteiger partial charge in [0.1, 0.15) is 18.2 Å². The maximum Gasteiger partial charge on any atom is 0.147 e. The molecular formula is C15H14BrN3O. The van der Waals surface area contributed by atoms with Crippen molar-refractivity contribution in [2.24, 2.45) is 7.05 Å². The van der Waals surface area contributed by atoms with E-state index in [9.17, 15) is 0 Å². The molecule has 1 heterocycles. The molecule has 0 bridgehead atoms. The Labute approximate surface area is 125 Å². The van der Waals surface area contributed by atoms with E-state index in [0.29, 0.717) is 12.3 Å². The molecule has 0 fully saturated rings. The predicted octanol–water partition coefficient (Wildman–Crippen LogP) is 3.50. The summed E-state index contributed by atoms with van der Waals surface area (Å²) in [5, 5.41) is 0. The van der Waals surface area contributed by atoms with Gasteiger partial charge in [0.15, 0.2) is 0 Å². The number of imidazole rings is 1. The van der Waals surface area contributed by atoms with Crippen LogP contribution in [0.25, 0.3) is 11.0 Å². The van der Waals surface area contributed by atoms with Crippen molar-refractivity contribution in [3.05, 3.63) is 52.8 Å². The summed E-state index contributed by atoms with van der Waals surface area (Å²) in [5.74, 6) is 1.62. The average molecular weight is 332 g/mol. The van der Waals surface area contributed by atoms with E-state index < -0.39 is 0 Å². The van der Waals surface area contributed by atoms with Crippen LogP contribution in [0, 0.1) is 0 Å². The van der Waals surface area contributed by atoms with Gasteiger partial charge in [-0.05, 0) is 30.3 Å². The number of ether oxygens (including phenoxy) is 1. The first-order chi connectivity index (χ1) is 9.63. The molecule has 0 saturated carbocycles. The molecule has 102 valence electrons. The topological polar surface area (TPSA) is 53.1 Å². The minimum absolute atomic E-state index is 0.409. The number of anilines is 1. The Morgan fingerprint density at radius 1 is 1.25 bits per heavy atom. The van der Waals surface area contributed by atoms with Crippen LogP contribution < -0.4 is 10.5 Å². The predicted molar refractivity (Wildman–Crippen MR) is 83.6 cm³/mol. The molecule has 20 heavy (non-hydrogen) atoms. The van der Waals surface area contributed by atoms with E-state index in [1.165, 1.54) is 0 Å². The van der Waals surface area contributed by atoms with Crippen molar-refractivity contribution < 1.29 is 4.74 Å². The van der Waals surface area contributed by atoms with Crippen molar-refractivity contribution in [1.82, 2.24) is 9.55 Å². The van der Waals surface area contributed by atoms with Crippen molar-refractivity contribution >= 4 is 32.7 Å². The summed E-state index contributed by atoms with van der Waals surface area (Å²) in [7, 11) is 1.99. The summed E-state index contributed by atoms with van der Waals surface area (Å²) in [6.45, 7) is 0.409. The van der Waals surface area contributed by atoms with Gasteiger partial charge >= 0.3 is 0 Å². The molecule has 5 heteroatoms. The zero-order valence-electron chi connectivity index (χ0n) is 11.0. The Balaban J connectivity index is 1.86. The Bertz CT molecular complexity index is 767. The lowest BCUT2D eigenvalue weighted by Crippen LogP contribution is -2.03. The summed E-state index contributed by atoms with van der Waals surface area (Å²) in [4.78, 5) is 4.59. The molecule has 0 spiro atoms. The van der Waals surface area contributed by atoms with E-state index in [4.69, 9.17) is 10.5 Å². The third kappa shape index (κ3) is 2.49. The van der Waals surface area contributed by atoms with E-state index in [1.54, 1.807) is 6.07 Å². The molecule has 0 amide bonds. The largest absolute Gasteiger partial charge is 0.486 e. The van der Waals surface area contributed by atoms with E-state index in [1.807, 2.05) is 48.0 Å². The number of aromatic nitrogens is 2. The maximum absolute atomic E-state index is 5.74. The number of nitrogens with zero attached hydrogens (tertiary/aromatic N) is 2. The fourth-order valence-corrected chi connectivity index (χ4v) is 2.45. The number of aryl methyl sites for hydroxylation is 1. The number of hydrogen-bond donors (Lipinski definition) is 1. The van der Waals surface area contributed by atoms with Crippen LogP contribution in [-0.4, -0.2) is 9.55 Å². The van der Waals surface area contributed by atoms with E-state index in [0.717, 1.165) is 27.1 Å². The van der Waals surface area contributed by atoms with Crippen molar-refractivity contribution in [2.45, 2.75) is 6.61 Å². The van der Waals surface area contributed by atoms with Gasteiger partial charge in [-0.1, -0.05) is 22.0 Å². The van der Waals surface area contributed by atoms with Gasteiger partial charge in [-0.15, -0.1) is 0 Å². The van der Waals surface area contributed by atoms with Gasteiger partial charge in [0, 0.05) is 23.3 Å². The highest BCUT2D eigenvalue weighted by Crippen LogP contribution is 2.21. The normalized spacial score (nSPS) is 10.9. The van der Waals surface area contributed by atoms with Gasteiger partial charge in [0.25, 0.3) is 0 Å². The van der Waals surface area contributed by atoms with Crippen LogP contribution in [0.15, 0.2) is 46.9 Å². The van der Waals surface area contributed by atoms with E-state index >= 15 is 0 Å². The van der Waals surface area contributed by atoms with E-state index in [-0.39, 0.29) is 0 Å². The molecule has 0 saturated heterocycles. The highest BCUT2D eigenvalue weighted by atomic mass is 79.9. The molecule has 1 aromatic heterocycles. The summed E-state index contributed by atoms with van der Waals surface area (Å²) in [6, 6.07) is 13.4. The number of nitrogen functional groups attached to an aromatic ring is 1. The molecule has 2 aromatic carbocycles. The minimum atomic E-state index is 0.409. The molecule has 0 unspecified atom stereocenters. The van der Waals surface area contributed by atoms with Crippen LogP contribution in [0.1, 0.15) is 5.82 Å². The lowest BCUT2D eigenvalue weighted by Gasteiger charge is -2.06. The first-order valence-corrected chi connectivity index (χ1v) is 7.02. The molecule has 0 radical (unpaired) electrons. The van der Waals surface area contributed by atoms with Gasteiger partial charge in [0.2, 0.25) is 0 Å². The molecule has 0 atom stereocenters. The van der Waals surface area contributed by atoms with Crippen LogP contribution in [-0.2, 0) is 13.7 Å². The van der Waals surface area contributed by atoms with Crippen molar-refractivity contribution in [3.63, 3.8) is 0 Å². The van der Waals surface area contributed by atoms with E-state index in [2.05, 4.69) is 20.9 Å². The molecule has 2 N–H and O–H groups in total. The number of benzene rings is 2. The Morgan fingerprint density at radius 2 is 2.10 bits per heavy atom. The van der Waals surface area contributed by atoms with Crippen LogP contribution in [0.2, 0.25) is 0 Å². The van der Waals surface area contributed by atoms with Crippen molar-refractivity contribution in [2.75, 3.05) is 5.73 Å². The number of hydrogen-bond acceptors (Lipinski definition) is 3. The summed E-state index contributed by atoms with van der Waals surface area (Å²) in [5.41, 5.74) is 8.46. The van der Waals surface area contributed by atoms with Gasteiger partial charge in [0.05, 0.1) is 11.0 Å². The minimum Gasteiger partial charge on any atom is -0.486 e. The van der Waals surface area contributed by atoms with Crippen LogP contribution in [0.3, 0.4) is 0 Å². The average Bonchev–Trinajstić information content (AvgIpc) is 2.72. The van der Waals surface area contributed by atoms with Crippen molar-refractivity contribution in [1.29, 1.82) is 0 Å². The van der Waals surface area contributed by atoms with Crippen molar-refractivity contribution in [3.8, 4) is 5.75 Å². The number of nitrogens with two attached hydrogens (primary N) is 1. The Morgan fingerprint density at radius 3 is 2.90 bits per heavy atom. The first kappa shape index (κ1) is 13.0. The summed E-state index contributed by atoms with van der Waals surface area (Å²) >= 11 is 3.46. The SMILES string of the molecule is Cn1c(COc2cccc(N)c2)nc2cc(Br)ccc21. The zero-order valence-corrected chi connectivity index (χ0v) is 12.6. The highest BCUT2D eigenvalue weighted by molar-refractivity contribution is 9.10. The van der Waals surface area contributed by atoms with Gasteiger partial charge in [-0.2, -0.15) is 0 Å². The number of rotatable bonds is 3. The third-order valence-corrected chi connectivity index (χ3v) is 3.65. The second kappa shape index (κ2) is 5.17. The fraction of sp³-hybridized carbons (Fsp3) is 0.133. The van der Waals surface area contributed by atoms with Crippen LogP contribution >= 0.6 is 15.9 Å². The Hall–Kier alpha value is -2.01. The number of fused-ring (bicyclic) bond motifs is 1. The molecule has 0 aliphatic carbocycles. The number of halogens is 1. The molecular weight excluding hydrogens is 318 g/mol. The second-order valence-corrected chi connectivity index (χ2v) is 5.50. The van der Waals surface area contributed by atoms with Gasteiger partial charge < -0.3 is 15.0 Å². The zero-order chi connectivity index (χ0) is 14.1. The smallest absolute Gasteiger partial charge is 0.147 e. The molecule has 3 rings (SSSR count). The second-order valence-electron chi connectivity index (χ2n) is 4.58. The highest BCUT2D eigenvalue weighted by Gasteiger charge is 2.08. The Kier molecular flexibility index (Phi) is 3.36. The molecule has 4 nitrogen and oxygen atoms in total. The summed E-state index contributed by atoms with van der Waals surface area (Å²) in [6.07, 6.45) is 0. The lowest BCUT2D eigenvalue weighted by atomic mass is 10.3. The monoisotopic (exact) mass is 331 g/mol. The van der Waals surface area contributed by atoms with Gasteiger partial charge in [-0.25, -0.2) is 4.98 Å². The first-order valence-electron chi connectivity index (χ1n) is 6.23. The summed E-state index contributed by atoms with van der Waals surface area (Å²) < 4.78 is 8.79. The molecule has 3 aromatic rings.